The summed E-state index contributed by atoms with van der Waals surface area (Å²) in [4.78, 5) is 14.5. The molecule has 1 aromatic rings. The first-order chi connectivity index (χ1) is 10.1. The molecule has 2 N–H and O–H groups in total. The Bertz CT molecular complexity index is 483. The molecule has 1 aromatic carbocycles. The Labute approximate surface area is 138 Å². The van der Waals surface area contributed by atoms with Crippen molar-refractivity contribution in [2.45, 2.75) is 45.1 Å². The smallest absolute Gasteiger partial charge is 0.225 e. The molecule has 1 aliphatic carbocycles. The summed E-state index contributed by atoms with van der Waals surface area (Å²) in [6, 6.07) is 6.78. The Morgan fingerprint density at radius 1 is 1.36 bits per heavy atom. The molecule has 2 rings (SSSR count). The van der Waals surface area contributed by atoms with Crippen LogP contribution in [-0.4, -0.2) is 29.9 Å². The molecule has 0 aliphatic heterocycles. The fraction of sp³-hybridized carbons (Fsp3) is 0.588. The number of amides is 1. The standard InChI is InChI=1S/C17H25FN2O.ClH/c1-2-9-20(17(21)14-6-7-16(19)12-14)10-8-13-4-3-5-15(18)11-13;/h3-5,11,14,16H,2,6-10,12,19H2,1H3;1H. The van der Waals surface area contributed by atoms with Gasteiger partial charge in [0.25, 0.3) is 0 Å². The zero-order chi connectivity index (χ0) is 15.2. The van der Waals surface area contributed by atoms with Crippen molar-refractivity contribution >= 4 is 18.3 Å². The van der Waals surface area contributed by atoms with Crippen molar-refractivity contribution in [1.82, 2.24) is 4.90 Å². The van der Waals surface area contributed by atoms with E-state index in [4.69, 9.17) is 5.73 Å². The highest BCUT2D eigenvalue weighted by Gasteiger charge is 2.30. The zero-order valence-corrected chi connectivity index (χ0v) is 13.9. The number of nitrogens with two attached hydrogens (primary N) is 1. The normalized spacial score (nSPS) is 20.5. The van der Waals surface area contributed by atoms with Crippen LogP contribution >= 0.6 is 12.4 Å². The molecule has 0 heterocycles. The third kappa shape index (κ3) is 5.25. The maximum absolute atomic E-state index is 13.2. The van der Waals surface area contributed by atoms with Crippen molar-refractivity contribution in [3.05, 3.63) is 35.6 Å². The van der Waals surface area contributed by atoms with Gasteiger partial charge in [0.2, 0.25) is 5.91 Å². The summed E-state index contributed by atoms with van der Waals surface area (Å²) in [5.74, 6) is 0.0860. The van der Waals surface area contributed by atoms with E-state index in [0.717, 1.165) is 37.8 Å². The predicted molar refractivity (Wildman–Crippen MR) is 89.5 cm³/mol. The van der Waals surface area contributed by atoms with E-state index in [1.165, 1.54) is 6.07 Å². The Balaban J connectivity index is 0.00000242. The van der Waals surface area contributed by atoms with Crippen LogP contribution in [0.5, 0.6) is 0 Å². The lowest BCUT2D eigenvalue weighted by atomic mass is 10.1. The molecular formula is C17H26ClFN2O. The number of carbonyl (C=O) groups excluding carboxylic acids is 1. The minimum absolute atomic E-state index is 0. The quantitative estimate of drug-likeness (QED) is 0.872. The van der Waals surface area contributed by atoms with E-state index in [-0.39, 0.29) is 36.1 Å². The number of rotatable bonds is 6. The Morgan fingerprint density at radius 2 is 2.14 bits per heavy atom. The molecule has 0 saturated heterocycles. The van der Waals surface area contributed by atoms with Crippen LogP contribution < -0.4 is 5.73 Å². The van der Waals surface area contributed by atoms with Crippen molar-refractivity contribution in [2.75, 3.05) is 13.1 Å². The average Bonchev–Trinajstić information content (AvgIpc) is 2.89. The van der Waals surface area contributed by atoms with Crippen LogP contribution in [0.2, 0.25) is 0 Å². The SMILES string of the molecule is CCCN(CCc1cccc(F)c1)C(=O)C1CCC(N)C1.Cl. The molecule has 1 saturated carbocycles. The first kappa shape index (κ1) is 18.9. The van der Waals surface area contributed by atoms with Crippen LogP contribution in [0.15, 0.2) is 24.3 Å². The molecule has 0 spiro atoms. The first-order valence-electron chi connectivity index (χ1n) is 7.89. The van der Waals surface area contributed by atoms with E-state index >= 15 is 0 Å². The van der Waals surface area contributed by atoms with Crippen molar-refractivity contribution in [3.8, 4) is 0 Å². The summed E-state index contributed by atoms with van der Waals surface area (Å²) in [7, 11) is 0. The Morgan fingerprint density at radius 3 is 2.73 bits per heavy atom. The predicted octanol–water partition coefficient (Wildman–Crippen LogP) is 3.16. The van der Waals surface area contributed by atoms with E-state index in [1.807, 2.05) is 11.0 Å². The monoisotopic (exact) mass is 328 g/mol. The molecule has 3 nitrogen and oxygen atoms in total. The highest BCUT2D eigenvalue weighted by Crippen LogP contribution is 2.26. The third-order valence-electron chi connectivity index (χ3n) is 4.19. The van der Waals surface area contributed by atoms with Gasteiger partial charge in [0.05, 0.1) is 0 Å². The van der Waals surface area contributed by atoms with Gasteiger partial charge in [0.15, 0.2) is 0 Å². The van der Waals surface area contributed by atoms with Crippen LogP contribution in [0.1, 0.15) is 38.2 Å². The lowest BCUT2D eigenvalue weighted by Crippen LogP contribution is -2.38. The fourth-order valence-electron chi connectivity index (χ4n) is 3.06. The third-order valence-corrected chi connectivity index (χ3v) is 4.19. The summed E-state index contributed by atoms with van der Waals surface area (Å²) in [5, 5.41) is 0. The second-order valence-electron chi connectivity index (χ2n) is 5.98. The number of halogens is 2. The van der Waals surface area contributed by atoms with Gasteiger partial charge < -0.3 is 10.6 Å². The van der Waals surface area contributed by atoms with Crippen LogP contribution in [0.3, 0.4) is 0 Å². The summed E-state index contributed by atoms with van der Waals surface area (Å²) < 4.78 is 13.2. The highest BCUT2D eigenvalue weighted by atomic mass is 35.5. The van der Waals surface area contributed by atoms with Crippen molar-refractivity contribution in [2.24, 2.45) is 11.7 Å². The number of hydrogen-bond donors (Lipinski definition) is 1. The molecule has 0 radical (unpaired) electrons. The fourth-order valence-corrected chi connectivity index (χ4v) is 3.06. The van der Waals surface area contributed by atoms with Gasteiger partial charge in [-0.2, -0.15) is 0 Å². The van der Waals surface area contributed by atoms with Crippen molar-refractivity contribution in [1.29, 1.82) is 0 Å². The highest BCUT2D eigenvalue weighted by molar-refractivity contribution is 5.85. The van der Waals surface area contributed by atoms with Crippen LogP contribution in [-0.2, 0) is 11.2 Å². The average molecular weight is 329 g/mol. The van der Waals surface area contributed by atoms with E-state index in [2.05, 4.69) is 6.92 Å². The van der Waals surface area contributed by atoms with Crippen molar-refractivity contribution < 1.29 is 9.18 Å². The summed E-state index contributed by atoms with van der Waals surface area (Å²) >= 11 is 0. The molecule has 0 aromatic heterocycles. The number of carbonyl (C=O) groups is 1. The molecule has 2 unspecified atom stereocenters. The van der Waals surface area contributed by atoms with Gasteiger partial charge in [-0.3, -0.25) is 4.79 Å². The van der Waals surface area contributed by atoms with Gasteiger partial charge in [0, 0.05) is 25.0 Å². The first-order valence-corrected chi connectivity index (χ1v) is 7.89. The van der Waals surface area contributed by atoms with Gasteiger partial charge in [-0.1, -0.05) is 19.1 Å². The van der Waals surface area contributed by atoms with E-state index < -0.39 is 0 Å². The maximum atomic E-state index is 13.2. The van der Waals surface area contributed by atoms with Gasteiger partial charge in [-0.15, -0.1) is 12.4 Å². The van der Waals surface area contributed by atoms with Gasteiger partial charge >= 0.3 is 0 Å². The summed E-state index contributed by atoms with van der Waals surface area (Å²) in [6.07, 6.45) is 4.29. The van der Waals surface area contributed by atoms with Gasteiger partial charge in [-0.05, 0) is 49.8 Å². The van der Waals surface area contributed by atoms with Gasteiger partial charge in [-0.25, -0.2) is 4.39 Å². The van der Waals surface area contributed by atoms with E-state index in [0.29, 0.717) is 13.0 Å². The number of benzene rings is 1. The van der Waals surface area contributed by atoms with E-state index in [9.17, 15) is 9.18 Å². The topological polar surface area (TPSA) is 46.3 Å². The Hall–Kier alpha value is -1.13. The second kappa shape index (κ2) is 9.11. The number of hydrogen-bond acceptors (Lipinski definition) is 2. The van der Waals surface area contributed by atoms with Crippen LogP contribution in [0, 0.1) is 11.7 Å². The largest absolute Gasteiger partial charge is 0.342 e. The van der Waals surface area contributed by atoms with Crippen LogP contribution in [0.25, 0.3) is 0 Å². The van der Waals surface area contributed by atoms with Gasteiger partial charge in [0.1, 0.15) is 5.82 Å². The molecule has 124 valence electrons. The second-order valence-corrected chi connectivity index (χ2v) is 5.98. The molecule has 1 fully saturated rings. The molecular weight excluding hydrogens is 303 g/mol. The molecule has 5 heteroatoms. The summed E-state index contributed by atoms with van der Waals surface area (Å²) in [5.41, 5.74) is 6.84. The molecule has 22 heavy (non-hydrogen) atoms. The number of nitrogens with zero attached hydrogens (tertiary/aromatic N) is 1. The minimum Gasteiger partial charge on any atom is -0.342 e. The summed E-state index contributed by atoms with van der Waals surface area (Å²) in [6.45, 7) is 3.49. The zero-order valence-electron chi connectivity index (χ0n) is 13.1. The molecule has 1 amide bonds. The molecule has 0 bridgehead atoms. The molecule has 1 aliphatic rings. The molecule has 2 atom stereocenters. The lowest BCUT2D eigenvalue weighted by molar-refractivity contribution is -0.135. The Kier molecular flexibility index (Phi) is 7.83. The van der Waals surface area contributed by atoms with Crippen molar-refractivity contribution in [3.63, 3.8) is 0 Å². The minimum atomic E-state index is -0.220. The lowest BCUT2D eigenvalue weighted by Gasteiger charge is -2.25. The van der Waals surface area contributed by atoms with E-state index in [1.54, 1.807) is 12.1 Å². The maximum Gasteiger partial charge on any atom is 0.225 e. The van der Waals surface area contributed by atoms with Crippen LogP contribution in [0.4, 0.5) is 4.39 Å².